The standard InChI is InChI=1S/C17H24N2/c1-2-13(12-18-4-1)3-5-19-17-9-14-6-15(10-17)8-16(7-14)11-17/h1-2,4,12,14-16,19H,3,5-11H2. The smallest absolute Gasteiger partial charge is 0.0300 e. The van der Waals surface area contributed by atoms with Crippen LogP contribution in [0.25, 0.3) is 0 Å². The third-order valence-electron chi connectivity index (χ3n) is 5.67. The lowest BCUT2D eigenvalue weighted by molar-refractivity contribution is -0.0192. The molecule has 1 aromatic rings. The Morgan fingerprint density at radius 1 is 1.11 bits per heavy atom. The lowest BCUT2D eigenvalue weighted by Gasteiger charge is -2.57. The van der Waals surface area contributed by atoms with Gasteiger partial charge in [-0.2, -0.15) is 0 Å². The van der Waals surface area contributed by atoms with E-state index in [2.05, 4.69) is 16.4 Å². The van der Waals surface area contributed by atoms with Gasteiger partial charge in [-0.25, -0.2) is 0 Å². The normalized spacial score (nSPS) is 39.7. The summed E-state index contributed by atoms with van der Waals surface area (Å²) in [4.78, 5) is 4.20. The minimum atomic E-state index is 0.511. The Labute approximate surface area is 116 Å². The maximum Gasteiger partial charge on any atom is 0.0300 e. The molecule has 1 aromatic heterocycles. The molecule has 1 heterocycles. The quantitative estimate of drug-likeness (QED) is 0.895. The van der Waals surface area contributed by atoms with E-state index >= 15 is 0 Å². The van der Waals surface area contributed by atoms with Crippen molar-refractivity contribution in [2.75, 3.05) is 6.54 Å². The topological polar surface area (TPSA) is 24.9 Å². The highest BCUT2D eigenvalue weighted by Gasteiger charge is 2.50. The molecule has 0 amide bonds. The maximum atomic E-state index is 4.20. The first-order valence-electron chi connectivity index (χ1n) is 7.95. The van der Waals surface area contributed by atoms with Crippen LogP contribution in [0, 0.1) is 17.8 Å². The van der Waals surface area contributed by atoms with Crippen LogP contribution in [-0.4, -0.2) is 17.1 Å². The molecule has 0 atom stereocenters. The fraction of sp³-hybridized carbons (Fsp3) is 0.706. The van der Waals surface area contributed by atoms with Gasteiger partial charge in [-0.05, 0) is 80.9 Å². The first-order valence-corrected chi connectivity index (χ1v) is 7.95. The summed E-state index contributed by atoms with van der Waals surface area (Å²) in [7, 11) is 0. The summed E-state index contributed by atoms with van der Waals surface area (Å²) in [6.45, 7) is 1.12. The van der Waals surface area contributed by atoms with E-state index in [0.717, 1.165) is 30.7 Å². The van der Waals surface area contributed by atoms with Crippen LogP contribution in [0.1, 0.15) is 44.1 Å². The van der Waals surface area contributed by atoms with Gasteiger partial charge in [-0.15, -0.1) is 0 Å². The maximum absolute atomic E-state index is 4.20. The van der Waals surface area contributed by atoms with E-state index in [4.69, 9.17) is 0 Å². The Bertz CT molecular complexity index is 405. The van der Waals surface area contributed by atoms with E-state index in [1.54, 1.807) is 0 Å². The molecule has 1 N–H and O–H groups in total. The average Bonchev–Trinajstić information content (AvgIpc) is 2.38. The van der Waals surface area contributed by atoms with Crippen LogP contribution < -0.4 is 5.32 Å². The Morgan fingerprint density at radius 3 is 2.37 bits per heavy atom. The Kier molecular flexibility index (Phi) is 2.87. The molecule has 0 saturated heterocycles. The van der Waals surface area contributed by atoms with Gasteiger partial charge in [0.1, 0.15) is 0 Å². The van der Waals surface area contributed by atoms with Crippen molar-refractivity contribution in [2.24, 2.45) is 17.8 Å². The molecule has 19 heavy (non-hydrogen) atoms. The van der Waals surface area contributed by atoms with Gasteiger partial charge in [-0.1, -0.05) is 6.07 Å². The van der Waals surface area contributed by atoms with Crippen molar-refractivity contribution in [2.45, 2.75) is 50.5 Å². The van der Waals surface area contributed by atoms with E-state index in [-0.39, 0.29) is 0 Å². The van der Waals surface area contributed by atoms with Gasteiger partial charge < -0.3 is 5.32 Å². The molecule has 4 bridgehead atoms. The van der Waals surface area contributed by atoms with Gasteiger partial charge in [-0.3, -0.25) is 4.98 Å². The van der Waals surface area contributed by atoms with E-state index in [1.165, 1.54) is 44.1 Å². The highest BCUT2D eigenvalue weighted by molar-refractivity contribution is 5.10. The monoisotopic (exact) mass is 256 g/mol. The highest BCUT2D eigenvalue weighted by Crippen LogP contribution is 2.55. The number of nitrogens with zero attached hydrogens (tertiary/aromatic N) is 1. The minimum absolute atomic E-state index is 0.511. The van der Waals surface area contributed by atoms with Gasteiger partial charge in [0.25, 0.3) is 0 Å². The van der Waals surface area contributed by atoms with Crippen molar-refractivity contribution in [3.63, 3.8) is 0 Å². The summed E-state index contributed by atoms with van der Waals surface area (Å²) >= 11 is 0. The van der Waals surface area contributed by atoms with E-state index < -0.39 is 0 Å². The highest BCUT2D eigenvalue weighted by atomic mass is 15.0. The van der Waals surface area contributed by atoms with E-state index in [0.29, 0.717) is 5.54 Å². The Morgan fingerprint density at radius 2 is 1.79 bits per heavy atom. The van der Waals surface area contributed by atoms with Crippen LogP contribution in [0.15, 0.2) is 24.5 Å². The summed E-state index contributed by atoms with van der Waals surface area (Å²) in [5, 5.41) is 3.95. The van der Waals surface area contributed by atoms with Crippen molar-refractivity contribution in [1.29, 1.82) is 0 Å². The number of nitrogens with one attached hydrogen (secondary N) is 1. The molecule has 4 saturated carbocycles. The number of pyridine rings is 1. The van der Waals surface area contributed by atoms with Crippen LogP contribution in [0.2, 0.25) is 0 Å². The fourth-order valence-corrected chi connectivity index (χ4v) is 5.35. The molecule has 0 aliphatic heterocycles. The van der Waals surface area contributed by atoms with Crippen molar-refractivity contribution in [1.82, 2.24) is 10.3 Å². The molecular formula is C17H24N2. The molecule has 2 nitrogen and oxygen atoms in total. The summed E-state index contributed by atoms with van der Waals surface area (Å²) in [6, 6.07) is 4.23. The van der Waals surface area contributed by atoms with Crippen molar-refractivity contribution in [3.8, 4) is 0 Å². The number of aromatic nitrogens is 1. The second-order valence-electron chi connectivity index (χ2n) is 7.24. The second kappa shape index (κ2) is 4.59. The summed E-state index contributed by atoms with van der Waals surface area (Å²) in [5.74, 6) is 3.12. The van der Waals surface area contributed by atoms with Gasteiger partial charge in [0.05, 0.1) is 0 Å². The molecular weight excluding hydrogens is 232 g/mol. The van der Waals surface area contributed by atoms with Crippen molar-refractivity contribution >= 4 is 0 Å². The van der Waals surface area contributed by atoms with Crippen molar-refractivity contribution < 1.29 is 0 Å². The third kappa shape index (κ3) is 2.31. The van der Waals surface area contributed by atoms with E-state index in [9.17, 15) is 0 Å². The third-order valence-corrected chi connectivity index (χ3v) is 5.67. The SMILES string of the molecule is c1cncc(CCNC23CC4CC(CC(C4)C2)C3)c1. The zero-order chi connectivity index (χ0) is 12.7. The van der Waals surface area contributed by atoms with Crippen LogP contribution >= 0.6 is 0 Å². The number of hydrogen-bond donors (Lipinski definition) is 1. The first kappa shape index (κ1) is 11.9. The van der Waals surface area contributed by atoms with E-state index in [1.807, 2.05) is 18.5 Å². The average molecular weight is 256 g/mol. The summed E-state index contributed by atoms with van der Waals surface area (Å²) in [5.41, 5.74) is 1.87. The Hall–Kier alpha value is -0.890. The molecule has 0 unspecified atom stereocenters. The van der Waals surface area contributed by atoms with Crippen molar-refractivity contribution in [3.05, 3.63) is 30.1 Å². The molecule has 2 heteroatoms. The molecule has 5 rings (SSSR count). The zero-order valence-electron chi connectivity index (χ0n) is 11.6. The van der Waals surface area contributed by atoms with Gasteiger partial charge in [0.15, 0.2) is 0 Å². The zero-order valence-corrected chi connectivity index (χ0v) is 11.6. The van der Waals surface area contributed by atoms with Crippen LogP contribution in [0.4, 0.5) is 0 Å². The number of hydrogen-bond acceptors (Lipinski definition) is 2. The van der Waals surface area contributed by atoms with Crippen LogP contribution in [0.5, 0.6) is 0 Å². The summed E-state index contributed by atoms with van der Waals surface area (Å²) < 4.78 is 0. The predicted molar refractivity (Wildman–Crippen MR) is 76.8 cm³/mol. The second-order valence-corrected chi connectivity index (χ2v) is 7.24. The number of rotatable bonds is 4. The van der Waals surface area contributed by atoms with Crippen LogP contribution in [0.3, 0.4) is 0 Å². The van der Waals surface area contributed by atoms with Crippen LogP contribution in [-0.2, 0) is 6.42 Å². The fourth-order valence-electron chi connectivity index (χ4n) is 5.35. The largest absolute Gasteiger partial charge is 0.311 e. The minimum Gasteiger partial charge on any atom is -0.311 e. The predicted octanol–water partition coefficient (Wildman–Crippen LogP) is 3.18. The molecule has 102 valence electrons. The molecule has 0 radical (unpaired) electrons. The molecule has 4 aliphatic carbocycles. The van der Waals surface area contributed by atoms with Gasteiger partial charge in [0.2, 0.25) is 0 Å². The molecule has 0 spiro atoms. The summed E-state index contributed by atoms with van der Waals surface area (Å²) in [6.07, 6.45) is 13.9. The molecule has 4 aliphatic rings. The lowest BCUT2D eigenvalue weighted by atomic mass is 9.53. The van der Waals surface area contributed by atoms with Gasteiger partial charge in [0, 0.05) is 17.9 Å². The van der Waals surface area contributed by atoms with Gasteiger partial charge >= 0.3 is 0 Å². The molecule has 4 fully saturated rings. The molecule has 0 aromatic carbocycles. The Balaban J connectivity index is 1.38. The lowest BCUT2D eigenvalue weighted by Crippen LogP contribution is -2.58. The first-order chi connectivity index (χ1) is 9.31.